The summed E-state index contributed by atoms with van der Waals surface area (Å²) in [5.74, 6) is -0.502. The highest BCUT2D eigenvalue weighted by Gasteiger charge is 2.49. The maximum atomic E-state index is 12.2. The molecule has 0 spiro atoms. The summed E-state index contributed by atoms with van der Waals surface area (Å²) in [5.41, 5.74) is 13.7. The maximum absolute atomic E-state index is 12.2. The number of rotatable bonds is 4. The number of nitrogens with zero attached hydrogens (tertiary/aromatic N) is 5. The fourth-order valence-electron chi connectivity index (χ4n) is 11.5. The Morgan fingerprint density at radius 3 is 2.10 bits per heavy atom. The van der Waals surface area contributed by atoms with Crippen molar-refractivity contribution in [2.24, 2.45) is 0 Å². The van der Waals surface area contributed by atoms with Crippen molar-refractivity contribution >= 4 is 72.1 Å². The average molecular weight is 810 g/mol. The number of hydrogen-bond acceptors (Lipinski definition) is 4. The molecule has 0 N–H and O–H groups in total. The Balaban J connectivity index is 1.24. The van der Waals surface area contributed by atoms with Crippen LogP contribution in [0.1, 0.15) is 52.2 Å². The molecule has 4 aliphatic rings. The Bertz CT molecular complexity index is 3640. The molecule has 4 heterocycles. The molecular weight excluding hydrogens is 771 g/mol. The molecule has 9 aromatic rings. The van der Waals surface area contributed by atoms with Gasteiger partial charge in [0.25, 0.3) is 0 Å². The molecule has 3 aromatic heterocycles. The van der Waals surface area contributed by atoms with Gasteiger partial charge in [-0.05, 0) is 66.8 Å². The van der Waals surface area contributed by atoms with E-state index in [1.807, 2.05) is 18.2 Å². The third kappa shape index (κ3) is 4.87. The van der Waals surface area contributed by atoms with Gasteiger partial charge in [-0.25, -0.2) is 0 Å². The van der Waals surface area contributed by atoms with Crippen LogP contribution in [0.5, 0.6) is 0 Å². The van der Waals surface area contributed by atoms with E-state index in [9.17, 15) is 10.5 Å². The number of allylic oxidation sites excluding steroid dienone is 6. The van der Waals surface area contributed by atoms with Crippen LogP contribution in [0.3, 0.4) is 0 Å². The molecule has 298 valence electrons. The van der Waals surface area contributed by atoms with Crippen molar-refractivity contribution in [2.75, 3.05) is 4.90 Å². The van der Waals surface area contributed by atoms with Crippen LogP contribution in [0, 0.1) is 29.6 Å². The molecule has 0 fully saturated rings. The second-order valence-corrected chi connectivity index (χ2v) is 17.3. The first-order valence-corrected chi connectivity index (χ1v) is 21.9. The van der Waals surface area contributed by atoms with Crippen molar-refractivity contribution in [3.05, 3.63) is 209 Å². The standard InChI is InChI=1S/C57H39N5O/c1-34-26-28-35(29-27-34)52-54(60-46-20-8-2-14-36(46)37-15-3-9-21-47(37)60)44(32-58)53(45(33-59)55(52)61-48-22-10-4-16-38(48)39-17-5-11-23-49(39)61)62-50-24-12-6-18-40(50)42-30-31-43-41-19-7-13-25-51(41)63-57(43)56(42)62/h2-4,6-16,18-31,40,50,52,54H,5,17H2,1H3. The molecule has 0 amide bonds. The van der Waals surface area contributed by atoms with Crippen LogP contribution in [0.4, 0.5) is 5.69 Å². The molecule has 3 aliphatic carbocycles. The number of hydrogen-bond donors (Lipinski definition) is 0. The summed E-state index contributed by atoms with van der Waals surface area (Å²) in [6.45, 7) is 2.11. The summed E-state index contributed by atoms with van der Waals surface area (Å²) < 4.78 is 11.7. The molecule has 4 atom stereocenters. The quantitative estimate of drug-likeness (QED) is 0.177. The van der Waals surface area contributed by atoms with Crippen molar-refractivity contribution in [2.45, 2.75) is 43.7 Å². The molecule has 6 aromatic carbocycles. The molecule has 6 heteroatoms. The predicted octanol–water partition coefficient (Wildman–Crippen LogP) is 13.6. The average Bonchev–Trinajstić information content (AvgIpc) is 4.07. The SMILES string of the molecule is Cc1ccc(C2C(n3c4c(c5ccccc53)CCC=C4)=C(C#N)C(N3c4c(ccc5c4oc4ccccc45)C4C=CC=CC43)=C(C#N)C2n2c3ccccc3c3ccccc32)cc1. The van der Waals surface area contributed by atoms with Crippen molar-refractivity contribution in [3.63, 3.8) is 0 Å². The van der Waals surface area contributed by atoms with E-state index in [1.54, 1.807) is 0 Å². The molecule has 13 rings (SSSR count). The molecule has 0 saturated heterocycles. The highest BCUT2D eigenvalue weighted by molar-refractivity contribution is 6.12. The number of fused-ring (bicyclic) bond motifs is 13. The number of nitriles is 2. The number of para-hydroxylation sites is 4. The zero-order valence-corrected chi connectivity index (χ0v) is 34.5. The smallest absolute Gasteiger partial charge is 0.159 e. The highest BCUT2D eigenvalue weighted by Crippen LogP contribution is 2.58. The Hall–Kier alpha value is -8.06. The zero-order chi connectivity index (χ0) is 41.9. The van der Waals surface area contributed by atoms with Crippen LogP contribution in [-0.2, 0) is 6.42 Å². The molecule has 0 saturated carbocycles. The lowest BCUT2D eigenvalue weighted by atomic mass is 9.75. The largest absolute Gasteiger partial charge is 0.454 e. The molecule has 63 heavy (non-hydrogen) atoms. The molecule has 0 radical (unpaired) electrons. The van der Waals surface area contributed by atoms with Gasteiger partial charge in [0.2, 0.25) is 0 Å². The minimum Gasteiger partial charge on any atom is -0.454 e. The van der Waals surface area contributed by atoms with Crippen molar-refractivity contribution in [1.29, 1.82) is 10.5 Å². The number of benzene rings is 6. The summed E-state index contributed by atoms with van der Waals surface area (Å²) >= 11 is 0. The maximum Gasteiger partial charge on any atom is 0.159 e. The molecule has 6 nitrogen and oxygen atoms in total. The van der Waals surface area contributed by atoms with E-state index in [4.69, 9.17) is 4.42 Å². The monoisotopic (exact) mass is 809 g/mol. The third-order valence-corrected chi connectivity index (χ3v) is 14.1. The lowest BCUT2D eigenvalue weighted by Crippen LogP contribution is -2.38. The van der Waals surface area contributed by atoms with Gasteiger partial charge in [-0.15, -0.1) is 0 Å². The van der Waals surface area contributed by atoms with Crippen LogP contribution in [0.25, 0.3) is 66.4 Å². The second-order valence-electron chi connectivity index (χ2n) is 17.3. The van der Waals surface area contributed by atoms with Gasteiger partial charge in [0.05, 0.1) is 57.8 Å². The van der Waals surface area contributed by atoms with Crippen molar-refractivity contribution in [1.82, 2.24) is 9.13 Å². The predicted molar refractivity (Wildman–Crippen MR) is 254 cm³/mol. The number of anilines is 1. The van der Waals surface area contributed by atoms with Gasteiger partial charge in [0.15, 0.2) is 5.58 Å². The van der Waals surface area contributed by atoms with E-state index in [1.165, 1.54) is 10.9 Å². The van der Waals surface area contributed by atoms with Gasteiger partial charge in [0.1, 0.15) is 11.7 Å². The molecular formula is C57H39N5O. The number of furan rings is 1. The van der Waals surface area contributed by atoms with E-state index in [0.29, 0.717) is 16.8 Å². The minimum atomic E-state index is -0.575. The third-order valence-electron chi connectivity index (χ3n) is 14.1. The van der Waals surface area contributed by atoms with Crippen LogP contribution in [-0.4, -0.2) is 15.2 Å². The highest BCUT2D eigenvalue weighted by atomic mass is 16.3. The summed E-state index contributed by atoms with van der Waals surface area (Å²) in [7, 11) is 0. The first-order chi connectivity index (χ1) is 31.1. The van der Waals surface area contributed by atoms with Gasteiger partial charge < -0.3 is 18.5 Å². The summed E-state index contributed by atoms with van der Waals surface area (Å²) in [6, 6.07) is 52.0. The second kappa shape index (κ2) is 13.5. The van der Waals surface area contributed by atoms with Crippen LogP contribution >= 0.6 is 0 Å². The lowest BCUT2D eigenvalue weighted by Gasteiger charge is -2.41. The number of aromatic nitrogens is 2. The topological polar surface area (TPSA) is 73.8 Å². The fraction of sp³-hybridized carbons (Fsp3) is 0.123. The Labute approximate surface area is 364 Å². The minimum absolute atomic E-state index is 0.0388. The van der Waals surface area contributed by atoms with Gasteiger partial charge >= 0.3 is 0 Å². The summed E-state index contributed by atoms with van der Waals surface area (Å²) in [4.78, 5) is 2.31. The number of aryl methyl sites for hydroxylation is 2. The van der Waals surface area contributed by atoms with E-state index >= 15 is 0 Å². The Kier molecular flexibility index (Phi) is 7.63. The summed E-state index contributed by atoms with van der Waals surface area (Å²) in [5, 5.41) is 29.8. The summed E-state index contributed by atoms with van der Waals surface area (Å²) in [6.07, 6.45) is 15.1. The normalized spacial score (nSPS) is 20.3. The first-order valence-electron chi connectivity index (χ1n) is 21.9. The van der Waals surface area contributed by atoms with Gasteiger partial charge in [-0.2, -0.15) is 10.5 Å². The van der Waals surface area contributed by atoms with Gasteiger partial charge in [-0.1, -0.05) is 145 Å². The van der Waals surface area contributed by atoms with E-state index in [0.717, 1.165) is 95.9 Å². The van der Waals surface area contributed by atoms with E-state index < -0.39 is 12.0 Å². The van der Waals surface area contributed by atoms with Crippen molar-refractivity contribution < 1.29 is 4.42 Å². The first kappa shape index (κ1) is 35.7. The van der Waals surface area contributed by atoms with E-state index in [-0.39, 0.29) is 12.0 Å². The molecule has 0 bridgehead atoms. The van der Waals surface area contributed by atoms with Crippen LogP contribution in [0.15, 0.2) is 185 Å². The van der Waals surface area contributed by atoms with Crippen LogP contribution < -0.4 is 4.90 Å². The Morgan fingerprint density at radius 2 is 1.35 bits per heavy atom. The Morgan fingerprint density at radius 1 is 0.667 bits per heavy atom. The van der Waals surface area contributed by atoms with Gasteiger partial charge in [-0.3, -0.25) is 0 Å². The zero-order valence-electron chi connectivity index (χ0n) is 34.5. The molecule has 4 unspecified atom stereocenters. The fourth-order valence-corrected chi connectivity index (χ4v) is 11.5. The van der Waals surface area contributed by atoms with Gasteiger partial charge in [0, 0.05) is 49.6 Å². The lowest BCUT2D eigenvalue weighted by molar-refractivity contribution is 0.543. The van der Waals surface area contributed by atoms with E-state index in [2.05, 4.69) is 185 Å². The van der Waals surface area contributed by atoms with Crippen LogP contribution in [0.2, 0.25) is 0 Å². The van der Waals surface area contributed by atoms with Crippen molar-refractivity contribution in [3.8, 4) is 12.1 Å². The molecule has 1 aliphatic heterocycles.